The van der Waals surface area contributed by atoms with Crippen LogP contribution in [0.5, 0.6) is 0 Å². The number of rotatable bonds is 6. The van der Waals surface area contributed by atoms with E-state index in [1.165, 1.54) is 39.0 Å². The van der Waals surface area contributed by atoms with Gasteiger partial charge in [0.15, 0.2) is 0 Å². The SMILES string of the molecule is CN(C)CC1CCN(CCCn2ccc(N)n2)CC1. The molecule has 5 nitrogen and oxygen atoms in total. The largest absolute Gasteiger partial charge is 0.382 e. The maximum atomic E-state index is 5.60. The number of nitrogen functional groups attached to an aromatic ring is 1. The van der Waals surface area contributed by atoms with E-state index in [4.69, 9.17) is 5.73 Å². The lowest BCUT2D eigenvalue weighted by Gasteiger charge is -2.33. The Labute approximate surface area is 116 Å². The second-order valence-electron chi connectivity index (χ2n) is 5.90. The molecule has 0 bridgehead atoms. The minimum atomic E-state index is 0.615. The molecule has 1 fully saturated rings. The Morgan fingerprint density at radius 3 is 2.63 bits per heavy atom. The van der Waals surface area contributed by atoms with E-state index >= 15 is 0 Å². The van der Waals surface area contributed by atoms with Gasteiger partial charge in [-0.25, -0.2) is 0 Å². The number of likely N-dealkylation sites (tertiary alicyclic amines) is 1. The summed E-state index contributed by atoms with van der Waals surface area (Å²) in [6.07, 6.45) is 5.79. The molecule has 108 valence electrons. The van der Waals surface area contributed by atoms with E-state index in [9.17, 15) is 0 Å². The number of aryl methyl sites for hydroxylation is 1. The molecule has 0 atom stereocenters. The fourth-order valence-electron chi connectivity index (χ4n) is 2.87. The quantitative estimate of drug-likeness (QED) is 0.838. The number of nitrogens with zero attached hydrogens (tertiary/aromatic N) is 4. The molecule has 1 aliphatic rings. The zero-order valence-corrected chi connectivity index (χ0v) is 12.3. The summed E-state index contributed by atoms with van der Waals surface area (Å²) in [5.41, 5.74) is 5.60. The summed E-state index contributed by atoms with van der Waals surface area (Å²) in [5, 5.41) is 4.21. The van der Waals surface area contributed by atoms with Crippen LogP contribution in [0.15, 0.2) is 12.3 Å². The first-order valence-electron chi connectivity index (χ1n) is 7.29. The van der Waals surface area contributed by atoms with Crippen molar-refractivity contribution in [3.05, 3.63) is 12.3 Å². The minimum absolute atomic E-state index is 0.615. The molecule has 2 heterocycles. The summed E-state index contributed by atoms with van der Waals surface area (Å²) in [7, 11) is 4.34. The van der Waals surface area contributed by atoms with Crippen molar-refractivity contribution >= 4 is 5.82 Å². The second-order valence-corrected chi connectivity index (χ2v) is 5.90. The van der Waals surface area contributed by atoms with Crippen LogP contribution in [0.3, 0.4) is 0 Å². The number of anilines is 1. The van der Waals surface area contributed by atoms with Gasteiger partial charge in [0.05, 0.1) is 0 Å². The molecule has 5 heteroatoms. The van der Waals surface area contributed by atoms with E-state index < -0.39 is 0 Å². The lowest BCUT2D eigenvalue weighted by Crippen LogP contribution is -2.37. The van der Waals surface area contributed by atoms with Crippen molar-refractivity contribution in [1.82, 2.24) is 19.6 Å². The van der Waals surface area contributed by atoms with E-state index in [-0.39, 0.29) is 0 Å². The average molecular weight is 265 g/mol. The summed E-state index contributed by atoms with van der Waals surface area (Å²) in [4.78, 5) is 4.89. The molecule has 1 aliphatic heterocycles. The van der Waals surface area contributed by atoms with E-state index in [1.54, 1.807) is 0 Å². The summed E-state index contributed by atoms with van der Waals surface area (Å²) >= 11 is 0. The number of nitrogens with two attached hydrogens (primary N) is 1. The molecule has 1 aromatic rings. The Morgan fingerprint density at radius 1 is 1.32 bits per heavy atom. The zero-order valence-electron chi connectivity index (χ0n) is 12.3. The number of piperidine rings is 1. The highest BCUT2D eigenvalue weighted by Gasteiger charge is 2.19. The third-order valence-electron chi connectivity index (χ3n) is 3.85. The third-order valence-corrected chi connectivity index (χ3v) is 3.85. The highest BCUT2D eigenvalue weighted by Crippen LogP contribution is 2.17. The van der Waals surface area contributed by atoms with Crippen LogP contribution >= 0.6 is 0 Å². The maximum absolute atomic E-state index is 5.60. The van der Waals surface area contributed by atoms with E-state index in [1.807, 2.05) is 16.9 Å². The van der Waals surface area contributed by atoms with E-state index in [2.05, 4.69) is 29.0 Å². The summed E-state index contributed by atoms with van der Waals surface area (Å²) < 4.78 is 1.94. The molecule has 0 unspecified atom stereocenters. The molecule has 1 saturated heterocycles. The molecule has 0 aromatic carbocycles. The molecule has 1 aromatic heterocycles. The van der Waals surface area contributed by atoms with Crippen molar-refractivity contribution in [2.45, 2.75) is 25.8 Å². The fourth-order valence-corrected chi connectivity index (χ4v) is 2.87. The van der Waals surface area contributed by atoms with Gasteiger partial charge in [0.25, 0.3) is 0 Å². The predicted molar refractivity (Wildman–Crippen MR) is 79.0 cm³/mol. The predicted octanol–water partition coefficient (Wildman–Crippen LogP) is 1.13. The van der Waals surface area contributed by atoms with Crippen LogP contribution in [-0.2, 0) is 6.54 Å². The Kier molecular flexibility index (Phi) is 5.22. The van der Waals surface area contributed by atoms with Gasteiger partial charge in [0.1, 0.15) is 5.82 Å². The summed E-state index contributed by atoms with van der Waals surface area (Å²) in [5.74, 6) is 1.50. The van der Waals surface area contributed by atoms with Gasteiger partial charge in [-0.05, 0) is 65.0 Å². The lowest BCUT2D eigenvalue weighted by molar-refractivity contribution is 0.159. The number of aromatic nitrogens is 2. The molecular formula is C14H27N5. The fraction of sp³-hybridized carbons (Fsp3) is 0.786. The van der Waals surface area contributed by atoms with Crippen LogP contribution < -0.4 is 5.73 Å². The average Bonchev–Trinajstić information content (AvgIpc) is 2.77. The van der Waals surface area contributed by atoms with Crippen LogP contribution in [0.2, 0.25) is 0 Å². The van der Waals surface area contributed by atoms with Crippen molar-refractivity contribution in [2.24, 2.45) is 5.92 Å². The Hall–Kier alpha value is -1.07. The molecule has 0 spiro atoms. The van der Waals surface area contributed by atoms with Gasteiger partial charge >= 0.3 is 0 Å². The first-order valence-corrected chi connectivity index (χ1v) is 7.29. The van der Waals surface area contributed by atoms with Gasteiger partial charge in [0.2, 0.25) is 0 Å². The van der Waals surface area contributed by atoms with Crippen molar-refractivity contribution in [2.75, 3.05) is 46.0 Å². The molecule has 0 radical (unpaired) electrons. The Bertz CT molecular complexity index is 366. The topological polar surface area (TPSA) is 50.3 Å². The zero-order chi connectivity index (χ0) is 13.7. The Morgan fingerprint density at radius 2 is 2.05 bits per heavy atom. The normalized spacial score (nSPS) is 18.3. The molecule has 0 saturated carbocycles. The smallest absolute Gasteiger partial charge is 0.145 e. The van der Waals surface area contributed by atoms with Crippen molar-refractivity contribution < 1.29 is 0 Å². The standard InChI is InChI=1S/C14H27N5/c1-17(2)12-13-4-9-18(10-5-13)7-3-8-19-11-6-14(15)16-19/h6,11,13H,3-5,7-10,12H2,1-2H3,(H2,15,16). The van der Waals surface area contributed by atoms with Crippen molar-refractivity contribution in [3.63, 3.8) is 0 Å². The molecule has 2 rings (SSSR count). The van der Waals surface area contributed by atoms with Gasteiger partial charge in [-0.1, -0.05) is 0 Å². The van der Waals surface area contributed by atoms with Crippen LogP contribution in [0.1, 0.15) is 19.3 Å². The maximum Gasteiger partial charge on any atom is 0.145 e. The second kappa shape index (κ2) is 6.91. The first-order chi connectivity index (χ1) is 9.13. The van der Waals surface area contributed by atoms with Gasteiger partial charge in [-0.2, -0.15) is 5.10 Å². The van der Waals surface area contributed by atoms with E-state index in [0.717, 1.165) is 18.9 Å². The highest BCUT2D eigenvalue weighted by molar-refractivity contribution is 5.23. The van der Waals surface area contributed by atoms with Crippen LogP contribution in [0.25, 0.3) is 0 Å². The monoisotopic (exact) mass is 265 g/mol. The van der Waals surface area contributed by atoms with Gasteiger partial charge in [-0.15, -0.1) is 0 Å². The third kappa shape index (κ3) is 4.84. The molecule has 0 amide bonds. The molecule has 2 N–H and O–H groups in total. The highest BCUT2D eigenvalue weighted by atomic mass is 15.3. The minimum Gasteiger partial charge on any atom is -0.382 e. The number of hydrogen-bond acceptors (Lipinski definition) is 4. The number of hydrogen-bond donors (Lipinski definition) is 1. The first kappa shape index (κ1) is 14.3. The van der Waals surface area contributed by atoms with Crippen molar-refractivity contribution in [3.8, 4) is 0 Å². The molecule has 19 heavy (non-hydrogen) atoms. The lowest BCUT2D eigenvalue weighted by atomic mass is 9.96. The molecular weight excluding hydrogens is 238 g/mol. The summed E-state index contributed by atoms with van der Waals surface area (Å²) in [6, 6.07) is 1.85. The van der Waals surface area contributed by atoms with Crippen molar-refractivity contribution in [1.29, 1.82) is 0 Å². The van der Waals surface area contributed by atoms with E-state index in [0.29, 0.717) is 5.82 Å². The Balaban J connectivity index is 1.60. The van der Waals surface area contributed by atoms with Crippen LogP contribution in [0.4, 0.5) is 5.82 Å². The summed E-state index contributed by atoms with van der Waals surface area (Å²) in [6.45, 7) is 5.88. The van der Waals surface area contributed by atoms with Gasteiger partial charge in [-0.3, -0.25) is 4.68 Å². The van der Waals surface area contributed by atoms with Gasteiger partial charge in [0, 0.05) is 19.3 Å². The van der Waals surface area contributed by atoms with Gasteiger partial charge < -0.3 is 15.5 Å². The van der Waals surface area contributed by atoms with Crippen LogP contribution in [-0.4, -0.2) is 59.9 Å². The van der Waals surface area contributed by atoms with Crippen LogP contribution in [0, 0.1) is 5.92 Å². The molecule has 0 aliphatic carbocycles.